The van der Waals surface area contributed by atoms with Gasteiger partial charge < -0.3 is 9.47 Å². The lowest BCUT2D eigenvalue weighted by Gasteiger charge is -2.20. The summed E-state index contributed by atoms with van der Waals surface area (Å²) >= 11 is 0. The van der Waals surface area contributed by atoms with Gasteiger partial charge in [0.1, 0.15) is 17.6 Å². The molecule has 2 unspecified atom stereocenters. The third-order valence-corrected chi connectivity index (χ3v) is 4.23. The predicted molar refractivity (Wildman–Crippen MR) is 91.8 cm³/mol. The third kappa shape index (κ3) is 3.85. The van der Waals surface area contributed by atoms with Crippen LogP contribution in [0, 0.1) is 11.3 Å². The van der Waals surface area contributed by atoms with Gasteiger partial charge in [0.25, 0.3) is 0 Å². The summed E-state index contributed by atoms with van der Waals surface area (Å²) in [4.78, 5) is 0. The summed E-state index contributed by atoms with van der Waals surface area (Å²) in [6.45, 7) is 0.747. The first-order valence-corrected chi connectivity index (χ1v) is 8.07. The average Bonchev–Trinajstić information content (AvgIpc) is 3.08. The summed E-state index contributed by atoms with van der Waals surface area (Å²) in [7, 11) is 1.70. The van der Waals surface area contributed by atoms with Crippen molar-refractivity contribution in [3.05, 3.63) is 59.7 Å². The highest BCUT2D eigenvalue weighted by molar-refractivity contribution is 5.35. The standard InChI is InChI=1S/C19H21N3O2/c1-23-18-5-3-2-4-15(18)8-11-17-19(13-21-22-17)24-16-9-6-14(12-20)7-10-16/h2-7,9-10,17,19,21-22H,8,11,13H2,1H3. The zero-order valence-corrected chi connectivity index (χ0v) is 13.7. The number of hydrogen-bond donors (Lipinski definition) is 2. The van der Waals surface area contributed by atoms with Crippen LogP contribution in [0.1, 0.15) is 17.5 Å². The molecule has 0 amide bonds. The molecule has 0 spiro atoms. The van der Waals surface area contributed by atoms with Gasteiger partial charge in [0.15, 0.2) is 0 Å². The molecule has 1 aliphatic heterocycles. The molecule has 0 aliphatic carbocycles. The zero-order valence-electron chi connectivity index (χ0n) is 13.7. The Balaban J connectivity index is 1.60. The molecule has 0 aromatic heterocycles. The van der Waals surface area contributed by atoms with Crippen LogP contribution in [-0.2, 0) is 6.42 Å². The highest BCUT2D eigenvalue weighted by atomic mass is 16.5. The molecule has 0 bridgehead atoms. The van der Waals surface area contributed by atoms with Crippen molar-refractivity contribution in [2.24, 2.45) is 0 Å². The van der Waals surface area contributed by atoms with E-state index in [0.717, 1.165) is 30.9 Å². The monoisotopic (exact) mass is 323 g/mol. The first-order valence-electron chi connectivity index (χ1n) is 8.07. The quantitative estimate of drug-likeness (QED) is 0.855. The van der Waals surface area contributed by atoms with Gasteiger partial charge in [-0.3, -0.25) is 10.9 Å². The van der Waals surface area contributed by atoms with Gasteiger partial charge in [-0.05, 0) is 48.7 Å². The van der Waals surface area contributed by atoms with Gasteiger partial charge in [-0.1, -0.05) is 18.2 Å². The van der Waals surface area contributed by atoms with E-state index >= 15 is 0 Å². The van der Waals surface area contributed by atoms with Crippen LogP contribution >= 0.6 is 0 Å². The maximum atomic E-state index is 8.85. The fourth-order valence-electron chi connectivity index (χ4n) is 2.91. The van der Waals surface area contributed by atoms with Gasteiger partial charge in [-0.2, -0.15) is 5.26 Å². The summed E-state index contributed by atoms with van der Waals surface area (Å²) in [6.07, 6.45) is 1.90. The lowest BCUT2D eigenvalue weighted by atomic mass is 10.0. The summed E-state index contributed by atoms with van der Waals surface area (Å²) in [6, 6.07) is 17.6. The molecule has 0 saturated carbocycles. The molecule has 24 heavy (non-hydrogen) atoms. The molecule has 1 heterocycles. The number of rotatable bonds is 6. The van der Waals surface area contributed by atoms with E-state index in [-0.39, 0.29) is 12.1 Å². The number of para-hydroxylation sites is 1. The minimum atomic E-state index is 0.0487. The molecule has 2 aromatic carbocycles. The first-order chi connectivity index (χ1) is 11.8. The number of aryl methyl sites for hydroxylation is 1. The van der Waals surface area contributed by atoms with E-state index < -0.39 is 0 Å². The Morgan fingerprint density at radius 3 is 2.71 bits per heavy atom. The maximum absolute atomic E-state index is 8.85. The van der Waals surface area contributed by atoms with Crippen LogP contribution in [-0.4, -0.2) is 25.8 Å². The van der Waals surface area contributed by atoms with Crippen LogP contribution in [0.2, 0.25) is 0 Å². The van der Waals surface area contributed by atoms with Crippen LogP contribution < -0.4 is 20.3 Å². The van der Waals surface area contributed by atoms with E-state index in [1.54, 1.807) is 19.2 Å². The largest absolute Gasteiger partial charge is 0.496 e. The number of ether oxygens (including phenoxy) is 2. The number of hydrazine groups is 1. The van der Waals surface area contributed by atoms with Crippen LogP contribution in [0.4, 0.5) is 0 Å². The Morgan fingerprint density at radius 2 is 1.96 bits per heavy atom. The molecule has 2 aromatic rings. The predicted octanol–water partition coefficient (Wildman–Crippen LogP) is 2.42. The Kier molecular flexibility index (Phi) is 5.32. The van der Waals surface area contributed by atoms with Crippen LogP contribution in [0.5, 0.6) is 11.5 Å². The fourth-order valence-corrected chi connectivity index (χ4v) is 2.91. The SMILES string of the molecule is COc1ccccc1CCC1NNCC1Oc1ccc(C#N)cc1. The van der Waals surface area contributed by atoms with E-state index in [9.17, 15) is 0 Å². The minimum absolute atomic E-state index is 0.0487. The van der Waals surface area contributed by atoms with Crippen molar-refractivity contribution >= 4 is 0 Å². The number of nitrogens with zero attached hydrogens (tertiary/aromatic N) is 1. The summed E-state index contributed by atoms with van der Waals surface area (Å²) < 4.78 is 11.5. The molecule has 1 aliphatic rings. The van der Waals surface area contributed by atoms with Crippen molar-refractivity contribution in [1.29, 1.82) is 5.26 Å². The molecule has 3 rings (SSSR count). The van der Waals surface area contributed by atoms with Crippen molar-refractivity contribution in [2.45, 2.75) is 25.0 Å². The van der Waals surface area contributed by atoms with E-state index in [0.29, 0.717) is 5.56 Å². The molecule has 2 N–H and O–H groups in total. The second-order valence-corrected chi connectivity index (χ2v) is 5.77. The van der Waals surface area contributed by atoms with Crippen LogP contribution in [0.15, 0.2) is 48.5 Å². The van der Waals surface area contributed by atoms with Crippen LogP contribution in [0.25, 0.3) is 0 Å². The van der Waals surface area contributed by atoms with Gasteiger partial charge in [-0.15, -0.1) is 0 Å². The van der Waals surface area contributed by atoms with Crippen molar-refractivity contribution in [3.63, 3.8) is 0 Å². The topological polar surface area (TPSA) is 66.3 Å². The number of hydrogen-bond acceptors (Lipinski definition) is 5. The normalized spacial score (nSPS) is 19.7. The second kappa shape index (κ2) is 7.82. The lowest BCUT2D eigenvalue weighted by Crippen LogP contribution is -2.36. The minimum Gasteiger partial charge on any atom is -0.496 e. The van der Waals surface area contributed by atoms with Crippen LogP contribution in [0.3, 0.4) is 0 Å². The Morgan fingerprint density at radius 1 is 1.17 bits per heavy atom. The molecular formula is C19H21N3O2. The molecule has 5 nitrogen and oxygen atoms in total. The van der Waals surface area contributed by atoms with E-state index in [2.05, 4.69) is 23.0 Å². The average molecular weight is 323 g/mol. The number of methoxy groups -OCH3 is 1. The summed E-state index contributed by atoms with van der Waals surface area (Å²) in [5, 5.41) is 8.85. The molecule has 124 valence electrons. The lowest BCUT2D eigenvalue weighted by molar-refractivity contribution is 0.191. The van der Waals surface area contributed by atoms with Gasteiger partial charge in [0, 0.05) is 6.54 Å². The Hall–Kier alpha value is -2.55. The Labute approximate surface area is 142 Å². The maximum Gasteiger partial charge on any atom is 0.129 e. The van der Waals surface area contributed by atoms with Crippen molar-refractivity contribution in [1.82, 2.24) is 10.9 Å². The summed E-state index contributed by atoms with van der Waals surface area (Å²) in [5.41, 5.74) is 8.30. The number of nitrogens with one attached hydrogen (secondary N) is 2. The molecule has 1 saturated heterocycles. The molecule has 5 heteroatoms. The third-order valence-electron chi connectivity index (χ3n) is 4.23. The zero-order chi connectivity index (χ0) is 16.8. The second-order valence-electron chi connectivity index (χ2n) is 5.77. The van der Waals surface area contributed by atoms with E-state index in [1.165, 1.54) is 5.56 Å². The van der Waals surface area contributed by atoms with Crippen molar-refractivity contribution < 1.29 is 9.47 Å². The first kappa shape index (κ1) is 16.3. The van der Waals surface area contributed by atoms with Gasteiger partial charge in [-0.25, -0.2) is 0 Å². The van der Waals surface area contributed by atoms with Crippen molar-refractivity contribution in [2.75, 3.05) is 13.7 Å². The molecular weight excluding hydrogens is 302 g/mol. The molecule has 0 radical (unpaired) electrons. The fraction of sp³-hybridized carbons (Fsp3) is 0.316. The Bertz CT molecular complexity index is 709. The summed E-state index contributed by atoms with van der Waals surface area (Å²) in [5.74, 6) is 1.71. The molecule has 2 atom stereocenters. The highest BCUT2D eigenvalue weighted by Crippen LogP contribution is 2.22. The number of nitriles is 1. The van der Waals surface area contributed by atoms with Gasteiger partial charge in [0.05, 0.1) is 24.8 Å². The smallest absolute Gasteiger partial charge is 0.129 e. The highest BCUT2D eigenvalue weighted by Gasteiger charge is 2.28. The van der Waals surface area contributed by atoms with Gasteiger partial charge >= 0.3 is 0 Å². The van der Waals surface area contributed by atoms with Gasteiger partial charge in [0.2, 0.25) is 0 Å². The van der Waals surface area contributed by atoms with E-state index in [4.69, 9.17) is 14.7 Å². The van der Waals surface area contributed by atoms with Crippen molar-refractivity contribution in [3.8, 4) is 17.6 Å². The number of benzene rings is 2. The molecule has 1 fully saturated rings. The van der Waals surface area contributed by atoms with E-state index in [1.807, 2.05) is 30.3 Å².